The quantitative estimate of drug-likeness (QED) is 0.923. The Morgan fingerprint density at radius 3 is 2.57 bits per heavy atom. The molecule has 2 aromatic rings. The number of anilines is 1. The fraction of sp³-hybridized carbons (Fsp3) is 0.333. The second-order valence-electron chi connectivity index (χ2n) is 5.56. The van der Waals surface area contributed by atoms with Gasteiger partial charge in [-0.05, 0) is 35.6 Å². The zero-order chi connectivity index (χ0) is 14.6. The molecule has 108 valence electrons. The van der Waals surface area contributed by atoms with Crippen molar-refractivity contribution in [3.05, 3.63) is 53.2 Å². The molecule has 0 amide bonds. The molecule has 1 heterocycles. The lowest BCUT2D eigenvalue weighted by Crippen LogP contribution is -2.13. The molecule has 0 saturated heterocycles. The molecule has 2 aliphatic carbocycles. The Morgan fingerprint density at radius 2 is 1.86 bits per heavy atom. The molecule has 2 aliphatic rings. The van der Waals surface area contributed by atoms with E-state index in [0.29, 0.717) is 17.7 Å². The van der Waals surface area contributed by atoms with E-state index >= 15 is 0 Å². The Kier molecular flexibility index (Phi) is 2.52. The van der Waals surface area contributed by atoms with Gasteiger partial charge in [-0.3, -0.25) is 0 Å². The van der Waals surface area contributed by atoms with E-state index in [2.05, 4.69) is 27.6 Å². The molecule has 1 aromatic carbocycles. The van der Waals surface area contributed by atoms with Crippen LogP contribution in [0, 0.1) is 5.92 Å². The highest BCUT2D eigenvalue weighted by molar-refractivity contribution is 5.50. The first kappa shape index (κ1) is 12.6. The Labute approximate surface area is 119 Å². The Morgan fingerprint density at radius 1 is 1.05 bits per heavy atom. The number of nitrogens with zero attached hydrogens (tertiary/aromatic N) is 2. The van der Waals surface area contributed by atoms with E-state index in [0.717, 1.165) is 12.5 Å². The van der Waals surface area contributed by atoms with Gasteiger partial charge < -0.3 is 5.32 Å². The van der Waals surface area contributed by atoms with Gasteiger partial charge >= 0.3 is 6.18 Å². The second-order valence-corrected chi connectivity index (χ2v) is 5.56. The van der Waals surface area contributed by atoms with E-state index < -0.39 is 11.9 Å². The first-order valence-corrected chi connectivity index (χ1v) is 6.79. The molecule has 3 unspecified atom stereocenters. The maximum atomic E-state index is 12.4. The summed E-state index contributed by atoms with van der Waals surface area (Å²) in [6.07, 6.45) is -3.42. The topological polar surface area (TPSA) is 37.8 Å². The van der Waals surface area contributed by atoms with Gasteiger partial charge in [0.1, 0.15) is 5.82 Å². The van der Waals surface area contributed by atoms with Gasteiger partial charge in [-0.15, -0.1) is 10.2 Å². The number of halogens is 3. The first-order valence-electron chi connectivity index (χ1n) is 6.79. The minimum atomic E-state index is -4.44. The molecule has 0 bridgehead atoms. The van der Waals surface area contributed by atoms with Crippen molar-refractivity contribution < 1.29 is 13.2 Å². The predicted octanol–water partition coefficient (Wildman–Crippen LogP) is 3.25. The lowest BCUT2D eigenvalue weighted by molar-refractivity contribution is -0.141. The standard InChI is InChI=1S/C15H12F3N3/c16-15(17,18)11-5-6-12(21-20-11)19-14-10-7-8-3-1-2-4-9(8)13(10)14/h1-6,10,13-14H,7H2,(H,19,21). The van der Waals surface area contributed by atoms with Gasteiger partial charge in [-0.1, -0.05) is 24.3 Å². The van der Waals surface area contributed by atoms with E-state index in [4.69, 9.17) is 0 Å². The molecule has 0 aliphatic heterocycles. The van der Waals surface area contributed by atoms with Gasteiger partial charge in [0.25, 0.3) is 0 Å². The Hall–Kier alpha value is -2.11. The fourth-order valence-corrected chi connectivity index (χ4v) is 3.28. The fourth-order valence-electron chi connectivity index (χ4n) is 3.28. The monoisotopic (exact) mass is 291 g/mol. The largest absolute Gasteiger partial charge is 0.435 e. The van der Waals surface area contributed by atoms with Crippen LogP contribution in [0.25, 0.3) is 0 Å². The Balaban J connectivity index is 1.48. The Bertz CT molecular complexity index is 681. The van der Waals surface area contributed by atoms with E-state index in [-0.39, 0.29) is 6.04 Å². The molecule has 4 rings (SSSR count). The third-order valence-corrected chi connectivity index (χ3v) is 4.31. The molecular weight excluding hydrogens is 279 g/mol. The summed E-state index contributed by atoms with van der Waals surface area (Å²) in [5, 5.41) is 10.1. The summed E-state index contributed by atoms with van der Waals surface area (Å²) in [4.78, 5) is 0. The molecular formula is C15H12F3N3. The van der Waals surface area contributed by atoms with Crippen molar-refractivity contribution in [1.82, 2.24) is 10.2 Å². The summed E-state index contributed by atoms with van der Waals surface area (Å²) in [5.74, 6) is 1.37. The minimum Gasteiger partial charge on any atom is -0.365 e. The van der Waals surface area contributed by atoms with Crippen molar-refractivity contribution in [3.8, 4) is 0 Å². The number of hydrogen-bond acceptors (Lipinski definition) is 3. The third kappa shape index (κ3) is 2.05. The average molecular weight is 291 g/mol. The summed E-state index contributed by atoms with van der Waals surface area (Å²) >= 11 is 0. The molecule has 0 spiro atoms. The van der Waals surface area contributed by atoms with Crippen LogP contribution in [0.3, 0.4) is 0 Å². The van der Waals surface area contributed by atoms with E-state index in [1.807, 2.05) is 12.1 Å². The van der Waals surface area contributed by atoms with Crippen molar-refractivity contribution in [2.75, 3.05) is 5.32 Å². The lowest BCUT2D eigenvalue weighted by atomic mass is 10.1. The maximum Gasteiger partial charge on any atom is 0.435 e. The van der Waals surface area contributed by atoms with Crippen LogP contribution in [0.2, 0.25) is 0 Å². The van der Waals surface area contributed by atoms with Crippen LogP contribution in [-0.4, -0.2) is 16.2 Å². The number of nitrogens with one attached hydrogen (secondary N) is 1. The van der Waals surface area contributed by atoms with Crippen LogP contribution in [0.1, 0.15) is 22.7 Å². The molecule has 21 heavy (non-hydrogen) atoms. The zero-order valence-corrected chi connectivity index (χ0v) is 10.9. The minimum absolute atomic E-state index is 0.255. The SMILES string of the molecule is FC(F)(F)c1ccc(NC2C3Cc4ccccc4C32)nn1. The normalized spacial score (nSPS) is 26.1. The summed E-state index contributed by atoms with van der Waals surface area (Å²) in [6.45, 7) is 0. The number of rotatable bonds is 2. The van der Waals surface area contributed by atoms with Crippen LogP contribution >= 0.6 is 0 Å². The van der Waals surface area contributed by atoms with Gasteiger partial charge in [0.05, 0.1) is 0 Å². The third-order valence-electron chi connectivity index (χ3n) is 4.31. The summed E-state index contributed by atoms with van der Waals surface area (Å²) in [6, 6.07) is 10.9. The van der Waals surface area contributed by atoms with Crippen LogP contribution in [0.5, 0.6) is 0 Å². The summed E-state index contributed by atoms with van der Waals surface area (Å²) in [7, 11) is 0. The molecule has 6 heteroatoms. The second kappa shape index (κ2) is 4.19. The highest BCUT2D eigenvalue weighted by Gasteiger charge is 2.55. The highest BCUT2D eigenvalue weighted by Crippen LogP contribution is 2.57. The van der Waals surface area contributed by atoms with E-state index in [9.17, 15) is 13.2 Å². The maximum absolute atomic E-state index is 12.4. The number of fused-ring (bicyclic) bond motifs is 3. The zero-order valence-electron chi connectivity index (χ0n) is 10.9. The number of hydrogen-bond donors (Lipinski definition) is 1. The van der Waals surface area contributed by atoms with E-state index in [1.54, 1.807) is 0 Å². The molecule has 1 fully saturated rings. The number of aromatic nitrogens is 2. The van der Waals surface area contributed by atoms with Gasteiger partial charge in [0.2, 0.25) is 0 Å². The van der Waals surface area contributed by atoms with Crippen LogP contribution < -0.4 is 5.32 Å². The lowest BCUT2D eigenvalue weighted by Gasteiger charge is -2.10. The summed E-state index contributed by atoms with van der Waals surface area (Å²) < 4.78 is 37.3. The van der Waals surface area contributed by atoms with Crippen LogP contribution in [0.15, 0.2) is 36.4 Å². The average Bonchev–Trinajstić information content (AvgIpc) is 2.96. The van der Waals surface area contributed by atoms with Crippen molar-refractivity contribution in [2.24, 2.45) is 5.92 Å². The molecule has 3 nitrogen and oxygen atoms in total. The molecule has 1 aromatic heterocycles. The smallest absolute Gasteiger partial charge is 0.365 e. The number of benzene rings is 1. The molecule has 0 radical (unpaired) electrons. The number of alkyl halides is 3. The van der Waals surface area contributed by atoms with E-state index in [1.165, 1.54) is 17.2 Å². The molecule has 1 saturated carbocycles. The van der Waals surface area contributed by atoms with Gasteiger partial charge in [0, 0.05) is 12.0 Å². The predicted molar refractivity (Wildman–Crippen MR) is 70.8 cm³/mol. The van der Waals surface area contributed by atoms with Crippen LogP contribution in [-0.2, 0) is 12.6 Å². The van der Waals surface area contributed by atoms with Gasteiger partial charge in [0.15, 0.2) is 5.69 Å². The first-order chi connectivity index (χ1) is 10.0. The molecule has 1 N–H and O–H groups in total. The van der Waals surface area contributed by atoms with Crippen molar-refractivity contribution in [2.45, 2.75) is 24.6 Å². The van der Waals surface area contributed by atoms with Crippen LogP contribution in [0.4, 0.5) is 19.0 Å². The van der Waals surface area contributed by atoms with Crippen molar-refractivity contribution >= 4 is 5.82 Å². The van der Waals surface area contributed by atoms with Crippen molar-refractivity contribution in [1.29, 1.82) is 0 Å². The van der Waals surface area contributed by atoms with Gasteiger partial charge in [-0.2, -0.15) is 13.2 Å². The summed E-state index contributed by atoms with van der Waals surface area (Å²) in [5.41, 5.74) is 1.76. The highest BCUT2D eigenvalue weighted by atomic mass is 19.4. The van der Waals surface area contributed by atoms with Crippen molar-refractivity contribution in [3.63, 3.8) is 0 Å². The molecule has 3 atom stereocenters. The van der Waals surface area contributed by atoms with Gasteiger partial charge in [-0.25, -0.2) is 0 Å².